The summed E-state index contributed by atoms with van der Waals surface area (Å²) >= 11 is 5.80. The lowest BCUT2D eigenvalue weighted by atomic mass is 10.2. The molecule has 0 aliphatic rings. The third-order valence-corrected chi connectivity index (χ3v) is 2.30. The Kier molecular flexibility index (Phi) is 7.72. The Balaban J connectivity index is 0.00000128. The van der Waals surface area contributed by atoms with E-state index in [9.17, 15) is 0 Å². The minimum atomic E-state index is 0. The highest BCUT2D eigenvalue weighted by Gasteiger charge is 1.94. The number of halogens is 3. The van der Waals surface area contributed by atoms with Crippen molar-refractivity contribution in [2.75, 3.05) is 5.32 Å². The average molecular weight is 292 g/mol. The van der Waals surface area contributed by atoms with Crippen LogP contribution in [-0.4, -0.2) is 4.98 Å². The van der Waals surface area contributed by atoms with Crippen LogP contribution in [0.25, 0.3) is 0 Å². The number of benzene rings is 1. The van der Waals surface area contributed by atoms with E-state index in [2.05, 4.69) is 10.3 Å². The van der Waals surface area contributed by atoms with Crippen LogP contribution in [0.2, 0.25) is 5.02 Å². The highest BCUT2D eigenvalue weighted by molar-refractivity contribution is 6.30. The summed E-state index contributed by atoms with van der Waals surface area (Å²) in [6.45, 7) is 0.758. The lowest BCUT2D eigenvalue weighted by molar-refractivity contribution is 1.11. The first-order chi connectivity index (χ1) is 7.34. The summed E-state index contributed by atoms with van der Waals surface area (Å²) in [6, 6.07) is 13.6. The van der Waals surface area contributed by atoms with Crippen LogP contribution in [-0.2, 0) is 6.54 Å². The van der Waals surface area contributed by atoms with Gasteiger partial charge in [0.1, 0.15) is 5.82 Å². The van der Waals surface area contributed by atoms with Crippen molar-refractivity contribution in [1.29, 1.82) is 0 Å². The molecule has 0 bridgehead atoms. The second-order valence-electron chi connectivity index (χ2n) is 3.19. The molecule has 1 aromatic heterocycles. The molecule has 0 amide bonds. The number of pyridine rings is 1. The van der Waals surface area contributed by atoms with Crippen LogP contribution >= 0.6 is 36.4 Å². The fraction of sp³-hybridized carbons (Fsp3) is 0.0833. The summed E-state index contributed by atoms with van der Waals surface area (Å²) in [5.41, 5.74) is 1.19. The standard InChI is InChI=1S/C12H11ClN2.2ClH/c13-11-6-4-10(5-7-11)9-15-12-3-1-2-8-14-12;;/h1-8H,9H2,(H,14,15);2*1H. The maximum absolute atomic E-state index is 5.80. The fourth-order valence-corrected chi connectivity index (χ4v) is 1.39. The Labute approximate surface area is 118 Å². The SMILES string of the molecule is Cl.Cl.Clc1ccc(CNc2ccccn2)cc1. The monoisotopic (exact) mass is 290 g/mol. The molecule has 1 heterocycles. The molecule has 0 atom stereocenters. The minimum Gasteiger partial charge on any atom is -0.366 e. The summed E-state index contributed by atoms with van der Waals surface area (Å²) in [5, 5.41) is 3.99. The molecule has 2 aromatic rings. The lowest BCUT2D eigenvalue weighted by Gasteiger charge is -2.04. The number of hydrogen-bond acceptors (Lipinski definition) is 2. The molecule has 0 fully saturated rings. The number of nitrogens with zero attached hydrogens (tertiary/aromatic N) is 1. The summed E-state index contributed by atoms with van der Waals surface area (Å²) in [4.78, 5) is 4.17. The maximum Gasteiger partial charge on any atom is 0.126 e. The molecule has 0 radical (unpaired) electrons. The van der Waals surface area contributed by atoms with Gasteiger partial charge in [-0.15, -0.1) is 24.8 Å². The van der Waals surface area contributed by atoms with E-state index >= 15 is 0 Å². The van der Waals surface area contributed by atoms with Crippen LogP contribution in [0, 0.1) is 0 Å². The Bertz CT molecular complexity index is 418. The van der Waals surface area contributed by atoms with E-state index in [4.69, 9.17) is 11.6 Å². The van der Waals surface area contributed by atoms with Crippen LogP contribution in [0.1, 0.15) is 5.56 Å². The first kappa shape index (κ1) is 16.0. The summed E-state index contributed by atoms with van der Waals surface area (Å²) in [6.07, 6.45) is 1.77. The molecule has 1 aromatic carbocycles. The van der Waals surface area contributed by atoms with Crippen molar-refractivity contribution >= 4 is 42.2 Å². The minimum absolute atomic E-state index is 0. The van der Waals surface area contributed by atoms with Crippen molar-refractivity contribution in [3.05, 3.63) is 59.2 Å². The number of rotatable bonds is 3. The second-order valence-corrected chi connectivity index (χ2v) is 3.63. The largest absolute Gasteiger partial charge is 0.366 e. The Morgan fingerprint density at radius 1 is 1.00 bits per heavy atom. The zero-order valence-corrected chi connectivity index (χ0v) is 11.4. The topological polar surface area (TPSA) is 24.9 Å². The molecule has 0 spiro atoms. The predicted molar refractivity (Wildman–Crippen MR) is 77.5 cm³/mol. The molecule has 0 saturated carbocycles. The normalized spacial score (nSPS) is 8.76. The molecular weight excluding hydrogens is 279 g/mol. The average Bonchev–Trinajstić information content (AvgIpc) is 2.30. The van der Waals surface area contributed by atoms with E-state index in [1.165, 1.54) is 5.56 Å². The van der Waals surface area contributed by atoms with E-state index in [1.807, 2.05) is 42.5 Å². The third kappa shape index (κ3) is 5.26. The van der Waals surface area contributed by atoms with Crippen molar-refractivity contribution in [2.24, 2.45) is 0 Å². The van der Waals surface area contributed by atoms with Crippen molar-refractivity contribution in [3.63, 3.8) is 0 Å². The summed E-state index contributed by atoms with van der Waals surface area (Å²) < 4.78 is 0. The van der Waals surface area contributed by atoms with Gasteiger partial charge in [0.15, 0.2) is 0 Å². The number of hydrogen-bond donors (Lipinski definition) is 1. The maximum atomic E-state index is 5.80. The van der Waals surface area contributed by atoms with Gasteiger partial charge in [0.05, 0.1) is 0 Å². The van der Waals surface area contributed by atoms with Crippen LogP contribution in [0.4, 0.5) is 5.82 Å². The van der Waals surface area contributed by atoms with E-state index < -0.39 is 0 Å². The lowest BCUT2D eigenvalue weighted by Crippen LogP contribution is -2.00. The molecular formula is C12H13Cl3N2. The van der Waals surface area contributed by atoms with Crippen molar-refractivity contribution in [3.8, 4) is 0 Å². The zero-order valence-electron chi connectivity index (χ0n) is 8.97. The zero-order chi connectivity index (χ0) is 10.5. The van der Waals surface area contributed by atoms with Crippen LogP contribution in [0.5, 0.6) is 0 Å². The van der Waals surface area contributed by atoms with Crippen LogP contribution in [0.15, 0.2) is 48.7 Å². The van der Waals surface area contributed by atoms with Crippen LogP contribution < -0.4 is 5.32 Å². The molecule has 2 nitrogen and oxygen atoms in total. The second kappa shape index (κ2) is 8.18. The molecule has 0 unspecified atom stereocenters. The van der Waals surface area contributed by atoms with E-state index in [0.717, 1.165) is 17.4 Å². The molecule has 0 aliphatic carbocycles. The first-order valence-electron chi connectivity index (χ1n) is 4.74. The molecule has 17 heavy (non-hydrogen) atoms. The molecule has 2 rings (SSSR count). The van der Waals surface area contributed by atoms with E-state index in [0.29, 0.717) is 0 Å². The van der Waals surface area contributed by atoms with Gasteiger partial charge in [0.2, 0.25) is 0 Å². The third-order valence-electron chi connectivity index (χ3n) is 2.05. The van der Waals surface area contributed by atoms with Gasteiger partial charge in [0, 0.05) is 17.8 Å². The quantitative estimate of drug-likeness (QED) is 0.917. The Hall–Kier alpha value is -0.960. The summed E-state index contributed by atoms with van der Waals surface area (Å²) in [7, 11) is 0. The van der Waals surface area contributed by atoms with E-state index in [1.54, 1.807) is 6.20 Å². The Morgan fingerprint density at radius 3 is 2.29 bits per heavy atom. The predicted octanol–water partition coefficient (Wildman–Crippen LogP) is 4.19. The van der Waals surface area contributed by atoms with Crippen molar-refractivity contribution in [1.82, 2.24) is 4.98 Å². The molecule has 1 N–H and O–H groups in total. The highest BCUT2D eigenvalue weighted by atomic mass is 35.5. The smallest absolute Gasteiger partial charge is 0.126 e. The summed E-state index contributed by atoms with van der Waals surface area (Å²) in [5.74, 6) is 0.882. The van der Waals surface area contributed by atoms with Crippen LogP contribution in [0.3, 0.4) is 0 Å². The first-order valence-corrected chi connectivity index (χ1v) is 5.12. The Morgan fingerprint density at radius 2 is 1.71 bits per heavy atom. The molecule has 0 aliphatic heterocycles. The van der Waals surface area contributed by atoms with Gasteiger partial charge >= 0.3 is 0 Å². The van der Waals surface area contributed by atoms with Gasteiger partial charge < -0.3 is 5.32 Å². The number of aromatic nitrogens is 1. The fourth-order valence-electron chi connectivity index (χ4n) is 1.26. The van der Waals surface area contributed by atoms with Gasteiger partial charge in [-0.25, -0.2) is 4.98 Å². The van der Waals surface area contributed by atoms with Gasteiger partial charge in [0.25, 0.3) is 0 Å². The number of anilines is 1. The van der Waals surface area contributed by atoms with Gasteiger partial charge in [-0.2, -0.15) is 0 Å². The van der Waals surface area contributed by atoms with Crippen molar-refractivity contribution in [2.45, 2.75) is 6.54 Å². The van der Waals surface area contributed by atoms with E-state index in [-0.39, 0.29) is 24.8 Å². The number of nitrogens with one attached hydrogen (secondary N) is 1. The molecule has 0 saturated heterocycles. The van der Waals surface area contributed by atoms with Gasteiger partial charge in [-0.05, 0) is 29.8 Å². The van der Waals surface area contributed by atoms with Crippen molar-refractivity contribution < 1.29 is 0 Å². The van der Waals surface area contributed by atoms with Gasteiger partial charge in [-0.1, -0.05) is 29.8 Å². The highest BCUT2D eigenvalue weighted by Crippen LogP contribution is 2.10. The molecule has 92 valence electrons. The molecule has 5 heteroatoms. The van der Waals surface area contributed by atoms with Gasteiger partial charge in [-0.3, -0.25) is 0 Å².